The molecule has 1 unspecified atom stereocenters. The number of aliphatic hydroxyl groups is 1. The first kappa shape index (κ1) is 8.74. The Hall–Kier alpha value is -1.35. The molecule has 0 aromatic heterocycles. The first-order valence-electron chi connectivity index (χ1n) is 3.56. The van der Waals surface area contributed by atoms with Crippen LogP contribution in [0.1, 0.15) is 0 Å². The highest BCUT2D eigenvalue weighted by Crippen LogP contribution is 2.07. The Labute approximate surface area is 70.6 Å². The second-order valence-corrected chi connectivity index (χ2v) is 2.26. The molecule has 3 nitrogen and oxygen atoms in total. The molecular weight excluding hydrogens is 156 g/mol. The van der Waals surface area contributed by atoms with Gasteiger partial charge in [-0.05, 0) is 12.1 Å². The van der Waals surface area contributed by atoms with E-state index in [4.69, 9.17) is 9.84 Å². The molecule has 0 bridgehead atoms. The predicted octanol–water partition coefficient (Wildman–Crippen LogP) is 0.536. The summed E-state index contributed by atoms with van der Waals surface area (Å²) in [6, 6.07) is 8.98. The van der Waals surface area contributed by atoms with Gasteiger partial charge in [0.2, 0.25) is 6.29 Å². The van der Waals surface area contributed by atoms with Crippen LogP contribution in [0.25, 0.3) is 0 Å². The van der Waals surface area contributed by atoms with E-state index in [0.717, 1.165) is 0 Å². The van der Waals surface area contributed by atoms with E-state index in [1.807, 2.05) is 18.2 Å². The standard InChI is InChI=1S/C9H9O3/c10-6-8(11)7-12-9-4-2-1-3-5-9/h1-5,8,11H,7H2. The summed E-state index contributed by atoms with van der Waals surface area (Å²) in [5, 5.41) is 8.77. The second-order valence-electron chi connectivity index (χ2n) is 2.26. The van der Waals surface area contributed by atoms with Crippen molar-refractivity contribution in [1.29, 1.82) is 0 Å². The molecule has 0 saturated carbocycles. The van der Waals surface area contributed by atoms with Gasteiger partial charge in [0.25, 0.3) is 0 Å². The molecule has 0 aliphatic heterocycles. The van der Waals surface area contributed by atoms with Crippen molar-refractivity contribution in [3.8, 4) is 5.75 Å². The first-order chi connectivity index (χ1) is 5.83. The Morgan fingerprint density at radius 1 is 1.42 bits per heavy atom. The number of ether oxygens (including phenoxy) is 1. The van der Waals surface area contributed by atoms with Gasteiger partial charge in [-0.3, -0.25) is 4.79 Å². The van der Waals surface area contributed by atoms with Crippen molar-refractivity contribution in [2.24, 2.45) is 0 Å². The van der Waals surface area contributed by atoms with E-state index in [2.05, 4.69) is 0 Å². The number of rotatable bonds is 4. The highest BCUT2D eigenvalue weighted by atomic mass is 16.5. The fraction of sp³-hybridized carbons (Fsp3) is 0.222. The smallest absolute Gasteiger partial charge is 0.233 e. The minimum Gasteiger partial charge on any atom is -0.490 e. The van der Waals surface area contributed by atoms with Gasteiger partial charge < -0.3 is 9.84 Å². The largest absolute Gasteiger partial charge is 0.490 e. The molecule has 1 rings (SSSR count). The predicted molar refractivity (Wildman–Crippen MR) is 43.6 cm³/mol. The van der Waals surface area contributed by atoms with E-state index in [-0.39, 0.29) is 6.61 Å². The van der Waals surface area contributed by atoms with Crippen molar-refractivity contribution in [1.82, 2.24) is 0 Å². The summed E-state index contributed by atoms with van der Waals surface area (Å²) < 4.78 is 5.05. The Morgan fingerprint density at radius 2 is 2.08 bits per heavy atom. The summed E-state index contributed by atoms with van der Waals surface area (Å²) in [6.07, 6.45) is 0.254. The minimum absolute atomic E-state index is 0.0481. The number of aliphatic hydroxyl groups excluding tert-OH is 1. The lowest BCUT2D eigenvalue weighted by atomic mass is 10.3. The van der Waals surface area contributed by atoms with Crippen LogP contribution in [0.15, 0.2) is 30.3 Å². The minimum atomic E-state index is -1.16. The molecule has 0 saturated heterocycles. The SMILES string of the molecule is O=[C]C(O)COc1ccccc1. The van der Waals surface area contributed by atoms with Crippen LogP contribution < -0.4 is 4.74 Å². The fourth-order valence-corrected chi connectivity index (χ4v) is 0.726. The van der Waals surface area contributed by atoms with Crippen molar-refractivity contribution in [2.45, 2.75) is 6.10 Å². The summed E-state index contributed by atoms with van der Waals surface area (Å²) in [6.45, 7) is -0.0481. The zero-order valence-electron chi connectivity index (χ0n) is 6.43. The van der Waals surface area contributed by atoms with E-state index < -0.39 is 6.10 Å². The van der Waals surface area contributed by atoms with Gasteiger partial charge in [-0.15, -0.1) is 0 Å². The molecule has 1 atom stereocenters. The Bertz CT molecular complexity index is 233. The Morgan fingerprint density at radius 3 is 2.67 bits per heavy atom. The van der Waals surface area contributed by atoms with E-state index in [0.29, 0.717) is 5.75 Å². The maximum Gasteiger partial charge on any atom is 0.233 e. The molecular formula is C9H9O3. The average Bonchev–Trinajstić information content (AvgIpc) is 2.16. The van der Waals surface area contributed by atoms with E-state index in [9.17, 15) is 4.79 Å². The number of hydrogen-bond donors (Lipinski definition) is 1. The van der Waals surface area contributed by atoms with Gasteiger partial charge in [-0.25, -0.2) is 0 Å². The van der Waals surface area contributed by atoms with Crippen LogP contribution in [0.3, 0.4) is 0 Å². The van der Waals surface area contributed by atoms with Crippen molar-refractivity contribution < 1.29 is 14.6 Å². The monoisotopic (exact) mass is 165 g/mol. The summed E-state index contributed by atoms with van der Waals surface area (Å²) in [7, 11) is 0. The zero-order valence-corrected chi connectivity index (χ0v) is 6.43. The van der Waals surface area contributed by atoms with E-state index in [1.54, 1.807) is 12.1 Å². The van der Waals surface area contributed by atoms with E-state index >= 15 is 0 Å². The normalized spacial score (nSPS) is 12.1. The first-order valence-corrected chi connectivity index (χ1v) is 3.56. The molecule has 1 aromatic rings. The zero-order chi connectivity index (χ0) is 8.81. The molecule has 1 radical (unpaired) electrons. The molecule has 1 N–H and O–H groups in total. The summed E-state index contributed by atoms with van der Waals surface area (Å²) in [4.78, 5) is 9.87. The topological polar surface area (TPSA) is 46.5 Å². The third-order valence-electron chi connectivity index (χ3n) is 1.29. The fourth-order valence-electron chi connectivity index (χ4n) is 0.726. The van der Waals surface area contributed by atoms with Crippen LogP contribution in [-0.4, -0.2) is 24.1 Å². The van der Waals surface area contributed by atoms with Crippen LogP contribution >= 0.6 is 0 Å². The molecule has 0 aliphatic rings. The molecule has 12 heavy (non-hydrogen) atoms. The van der Waals surface area contributed by atoms with Gasteiger partial charge in [-0.2, -0.15) is 0 Å². The molecule has 0 spiro atoms. The number of hydrogen-bond acceptors (Lipinski definition) is 3. The third kappa shape index (κ3) is 2.72. The molecule has 0 amide bonds. The Kier molecular flexibility index (Phi) is 3.29. The number of para-hydroxylation sites is 1. The van der Waals surface area contributed by atoms with Crippen molar-refractivity contribution in [3.05, 3.63) is 30.3 Å². The number of benzene rings is 1. The van der Waals surface area contributed by atoms with Crippen molar-refractivity contribution in [3.63, 3.8) is 0 Å². The molecule has 1 aromatic carbocycles. The lowest BCUT2D eigenvalue weighted by Gasteiger charge is -2.05. The third-order valence-corrected chi connectivity index (χ3v) is 1.29. The molecule has 0 heterocycles. The van der Waals surface area contributed by atoms with Crippen LogP contribution in [0.4, 0.5) is 0 Å². The van der Waals surface area contributed by atoms with Gasteiger partial charge in [-0.1, -0.05) is 18.2 Å². The van der Waals surface area contributed by atoms with Crippen LogP contribution in [0.2, 0.25) is 0 Å². The van der Waals surface area contributed by atoms with Gasteiger partial charge in [0.05, 0.1) is 0 Å². The highest BCUT2D eigenvalue weighted by molar-refractivity contribution is 5.56. The lowest BCUT2D eigenvalue weighted by molar-refractivity contribution is 0.155. The van der Waals surface area contributed by atoms with Gasteiger partial charge in [0.15, 0.2) is 6.10 Å². The molecule has 0 aliphatic carbocycles. The van der Waals surface area contributed by atoms with Crippen LogP contribution in [0, 0.1) is 0 Å². The van der Waals surface area contributed by atoms with Gasteiger partial charge in [0.1, 0.15) is 12.4 Å². The average molecular weight is 165 g/mol. The summed E-state index contributed by atoms with van der Waals surface area (Å²) in [5.41, 5.74) is 0. The van der Waals surface area contributed by atoms with Crippen LogP contribution in [-0.2, 0) is 4.79 Å². The summed E-state index contributed by atoms with van der Waals surface area (Å²) in [5.74, 6) is 0.631. The second kappa shape index (κ2) is 4.51. The van der Waals surface area contributed by atoms with Crippen LogP contribution in [0.5, 0.6) is 5.75 Å². The summed E-state index contributed by atoms with van der Waals surface area (Å²) >= 11 is 0. The van der Waals surface area contributed by atoms with Gasteiger partial charge >= 0.3 is 0 Å². The quantitative estimate of drug-likeness (QED) is 0.708. The van der Waals surface area contributed by atoms with Crippen molar-refractivity contribution in [2.75, 3.05) is 6.61 Å². The molecule has 63 valence electrons. The highest BCUT2D eigenvalue weighted by Gasteiger charge is 2.02. The Balaban J connectivity index is 2.38. The maximum atomic E-state index is 9.87. The molecule has 0 fully saturated rings. The lowest BCUT2D eigenvalue weighted by Crippen LogP contribution is -2.18. The van der Waals surface area contributed by atoms with E-state index in [1.165, 1.54) is 6.29 Å². The van der Waals surface area contributed by atoms with Crippen molar-refractivity contribution >= 4 is 6.29 Å². The maximum absolute atomic E-state index is 9.87. The number of carbonyl (C=O) groups excluding carboxylic acids is 1. The van der Waals surface area contributed by atoms with Gasteiger partial charge in [0, 0.05) is 0 Å². The molecule has 3 heteroatoms.